The van der Waals surface area contributed by atoms with Crippen LogP contribution in [-0.2, 0) is 0 Å². The van der Waals surface area contributed by atoms with Gasteiger partial charge in [0.05, 0.1) is 11.6 Å². The van der Waals surface area contributed by atoms with Crippen molar-refractivity contribution in [3.05, 3.63) is 11.6 Å². The Morgan fingerprint density at radius 1 is 1.53 bits per heavy atom. The van der Waals surface area contributed by atoms with Crippen LogP contribution in [0.25, 0.3) is 0 Å². The second-order valence-corrected chi connectivity index (χ2v) is 4.41. The predicted molar refractivity (Wildman–Crippen MR) is 58.5 cm³/mol. The molecule has 15 heavy (non-hydrogen) atoms. The normalized spacial score (nSPS) is 17.5. The molecule has 2 atom stereocenters. The average molecular weight is 212 g/mol. The molecule has 0 aliphatic rings. The lowest BCUT2D eigenvalue weighted by Crippen LogP contribution is -2.36. The molecule has 0 bridgehead atoms. The van der Waals surface area contributed by atoms with Crippen LogP contribution < -0.4 is 5.73 Å². The van der Waals surface area contributed by atoms with Crippen molar-refractivity contribution in [3.63, 3.8) is 0 Å². The fraction of sp³-hybridized carbons (Fsp3) is 0.800. The maximum Gasteiger partial charge on any atom is 0.147 e. The van der Waals surface area contributed by atoms with Gasteiger partial charge in [0, 0.05) is 6.54 Å². The Hall–Kier alpha value is -0.940. The van der Waals surface area contributed by atoms with Crippen LogP contribution in [-0.4, -0.2) is 32.0 Å². The van der Waals surface area contributed by atoms with E-state index in [-0.39, 0.29) is 12.6 Å². The molecule has 1 rings (SSSR count). The van der Waals surface area contributed by atoms with E-state index in [1.54, 1.807) is 6.92 Å². The second kappa shape index (κ2) is 4.28. The highest BCUT2D eigenvalue weighted by Crippen LogP contribution is 2.20. The fourth-order valence-corrected chi connectivity index (χ4v) is 1.76. The Balaban J connectivity index is 2.77. The smallest absolute Gasteiger partial charge is 0.147 e. The Labute approximate surface area is 90.3 Å². The Morgan fingerprint density at radius 3 is 2.53 bits per heavy atom. The van der Waals surface area contributed by atoms with Crippen LogP contribution in [0.2, 0.25) is 0 Å². The third kappa shape index (κ3) is 3.00. The molecule has 0 aliphatic heterocycles. The molecule has 0 spiro atoms. The van der Waals surface area contributed by atoms with E-state index >= 15 is 0 Å². The van der Waals surface area contributed by atoms with Crippen molar-refractivity contribution in [2.45, 2.75) is 45.8 Å². The van der Waals surface area contributed by atoms with Gasteiger partial charge in [0.15, 0.2) is 0 Å². The van der Waals surface area contributed by atoms with Crippen LogP contribution in [0.1, 0.15) is 38.0 Å². The number of aliphatic hydroxyl groups is 1. The van der Waals surface area contributed by atoms with E-state index in [2.05, 4.69) is 10.1 Å². The van der Waals surface area contributed by atoms with Crippen molar-refractivity contribution in [2.75, 3.05) is 6.54 Å². The second-order valence-electron chi connectivity index (χ2n) is 4.41. The third-order valence-corrected chi connectivity index (χ3v) is 2.50. The zero-order valence-corrected chi connectivity index (χ0v) is 9.86. The molecular formula is C10H20N4O. The Morgan fingerprint density at radius 2 is 2.13 bits per heavy atom. The van der Waals surface area contributed by atoms with Gasteiger partial charge in [-0.05, 0) is 34.1 Å². The van der Waals surface area contributed by atoms with Gasteiger partial charge in [-0.25, -0.2) is 9.67 Å². The van der Waals surface area contributed by atoms with Crippen LogP contribution >= 0.6 is 0 Å². The SMILES string of the molecule is Cc1nc(C)n(C(C)CC(C)(O)CN)n1. The maximum absolute atomic E-state index is 9.87. The number of aromatic nitrogens is 3. The quantitative estimate of drug-likeness (QED) is 0.764. The largest absolute Gasteiger partial charge is 0.389 e. The minimum atomic E-state index is -0.842. The van der Waals surface area contributed by atoms with Crippen LogP contribution in [0.4, 0.5) is 0 Å². The number of aryl methyl sites for hydroxylation is 2. The molecule has 1 heterocycles. The highest BCUT2D eigenvalue weighted by Gasteiger charge is 2.23. The molecule has 0 radical (unpaired) electrons. The molecular weight excluding hydrogens is 192 g/mol. The summed E-state index contributed by atoms with van der Waals surface area (Å²) in [7, 11) is 0. The molecule has 3 N–H and O–H groups in total. The molecule has 5 nitrogen and oxygen atoms in total. The van der Waals surface area contributed by atoms with Crippen molar-refractivity contribution in [3.8, 4) is 0 Å². The highest BCUT2D eigenvalue weighted by molar-refractivity contribution is 4.91. The molecule has 5 heteroatoms. The molecule has 0 aromatic carbocycles. The first-order chi connectivity index (χ1) is 6.85. The van der Waals surface area contributed by atoms with Gasteiger partial charge in [-0.15, -0.1) is 0 Å². The number of nitrogens with zero attached hydrogens (tertiary/aromatic N) is 3. The van der Waals surface area contributed by atoms with Crippen molar-refractivity contribution < 1.29 is 5.11 Å². The molecule has 1 aromatic heterocycles. The van der Waals surface area contributed by atoms with Gasteiger partial charge in [-0.2, -0.15) is 5.10 Å². The van der Waals surface area contributed by atoms with Crippen LogP contribution in [0.5, 0.6) is 0 Å². The molecule has 2 unspecified atom stereocenters. The molecule has 0 amide bonds. The summed E-state index contributed by atoms with van der Waals surface area (Å²) in [6.45, 7) is 7.77. The van der Waals surface area contributed by atoms with E-state index < -0.39 is 5.60 Å². The third-order valence-electron chi connectivity index (χ3n) is 2.50. The summed E-state index contributed by atoms with van der Waals surface area (Å²) < 4.78 is 1.83. The van der Waals surface area contributed by atoms with E-state index in [0.29, 0.717) is 6.42 Å². The number of hydrogen-bond donors (Lipinski definition) is 2. The maximum atomic E-state index is 9.87. The summed E-state index contributed by atoms with van der Waals surface area (Å²) in [4.78, 5) is 4.23. The molecule has 0 saturated heterocycles. The van der Waals surface area contributed by atoms with E-state index in [0.717, 1.165) is 11.6 Å². The first kappa shape index (κ1) is 12.1. The van der Waals surface area contributed by atoms with E-state index in [1.165, 1.54) is 0 Å². The van der Waals surface area contributed by atoms with Crippen molar-refractivity contribution >= 4 is 0 Å². The standard InChI is InChI=1S/C10H20N4O/c1-7(5-10(4,15)6-11)14-9(3)12-8(2)13-14/h7,15H,5-6,11H2,1-4H3. The van der Waals surface area contributed by atoms with Crippen molar-refractivity contribution in [2.24, 2.45) is 5.73 Å². The summed E-state index contributed by atoms with van der Waals surface area (Å²) in [5.74, 6) is 1.62. The average Bonchev–Trinajstić information content (AvgIpc) is 2.45. The summed E-state index contributed by atoms with van der Waals surface area (Å²) in [5, 5.41) is 14.1. The van der Waals surface area contributed by atoms with Gasteiger partial charge in [0.2, 0.25) is 0 Å². The monoisotopic (exact) mass is 212 g/mol. The van der Waals surface area contributed by atoms with Gasteiger partial charge in [-0.1, -0.05) is 0 Å². The van der Waals surface area contributed by atoms with E-state index in [9.17, 15) is 5.11 Å². The summed E-state index contributed by atoms with van der Waals surface area (Å²) in [6, 6.07) is 0.102. The van der Waals surface area contributed by atoms with Gasteiger partial charge >= 0.3 is 0 Å². The van der Waals surface area contributed by atoms with Gasteiger partial charge in [-0.3, -0.25) is 0 Å². The highest BCUT2D eigenvalue weighted by atomic mass is 16.3. The molecule has 1 aromatic rings. The minimum absolute atomic E-state index is 0.102. The summed E-state index contributed by atoms with van der Waals surface area (Å²) in [6.07, 6.45) is 0.577. The number of nitrogens with two attached hydrogens (primary N) is 1. The molecule has 86 valence electrons. The molecule has 0 aliphatic carbocycles. The van der Waals surface area contributed by atoms with Crippen LogP contribution in [0.3, 0.4) is 0 Å². The van der Waals surface area contributed by atoms with Gasteiger partial charge in [0.25, 0.3) is 0 Å². The van der Waals surface area contributed by atoms with Gasteiger partial charge < -0.3 is 10.8 Å². The lowest BCUT2D eigenvalue weighted by molar-refractivity contribution is 0.0446. The van der Waals surface area contributed by atoms with E-state index in [1.807, 2.05) is 25.5 Å². The number of rotatable bonds is 4. The summed E-state index contributed by atoms with van der Waals surface area (Å²) >= 11 is 0. The fourth-order valence-electron chi connectivity index (χ4n) is 1.76. The van der Waals surface area contributed by atoms with Crippen molar-refractivity contribution in [1.82, 2.24) is 14.8 Å². The first-order valence-electron chi connectivity index (χ1n) is 5.18. The first-order valence-corrected chi connectivity index (χ1v) is 5.18. The Bertz CT molecular complexity index is 332. The summed E-state index contributed by atoms with van der Waals surface area (Å²) in [5.41, 5.74) is 4.64. The lowest BCUT2D eigenvalue weighted by atomic mass is 9.98. The zero-order valence-electron chi connectivity index (χ0n) is 9.86. The van der Waals surface area contributed by atoms with Crippen LogP contribution in [0, 0.1) is 13.8 Å². The topological polar surface area (TPSA) is 77.0 Å². The Kier molecular flexibility index (Phi) is 3.46. The molecule has 0 saturated carbocycles. The minimum Gasteiger partial charge on any atom is -0.389 e. The predicted octanol–water partition coefficient (Wildman–Crippen LogP) is 0.556. The van der Waals surface area contributed by atoms with Crippen LogP contribution in [0.15, 0.2) is 0 Å². The van der Waals surface area contributed by atoms with E-state index in [4.69, 9.17) is 5.73 Å². The van der Waals surface area contributed by atoms with Crippen molar-refractivity contribution in [1.29, 1.82) is 0 Å². The van der Waals surface area contributed by atoms with Gasteiger partial charge in [0.1, 0.15) is 11.6 Å². The zero-order chi connectivity index (χ0) is 11.6. The lowest BCUT2D eigenvalue weighted by Gasteiger charge is -2.25. The number of hydrogen-bond acceptors (Lipinski definition) is 4. The molecule has 0 fully saturated rings.